The molecule has 1 amide bonds. The van der Waals surface area contributed by atoms with Crippen LogP contribution in [0.3, 0.4) is 0 Å². The molecular formula is C14H19N3O. The second kappa shape index (κ2) is 5.04. The van der Waals surface area contributed by atoms with E-state index in [0.717, 1.165) is 37.9 Å². The van der Waals surface area contributed by atoms with Crippen molar-refractivity contribution < 1.29 is 4.79 Å². The van der Waals surface area contributed by atoms with Gasteiger partial charge < -0.3 is 4.90 Å². The minimum Gasteiger partial charge on any atom is -0.334 e. The van der Waals surface area contributed by atoms with E-state index in [0.29, 0.717) is 5.91 Å². The second-order valence-electron chi connectivity index (χ2n) is 5.30. The smallest absolute Gasteiger partial charge is 0.226 e. The highest BCUT2D eigenvalue weighted by Gasteiger charge is 2.35. The molecule has 2 fully saturated rings. The van der Waals surface area contributed by atoms with Crippen LogP contribution in [0.15, 0.2) is 18.6 Å². The highest BCUT2D eigenvalue weighted by molar-refractivity contribution is 5.79. The first-order valence-corrected chi connectivity index (χ1v) is 6.92. The molecule has 2 heterocycles. The Hall–Kier alpha value is -1.45. The average Bonchev–Trinajstić information content (AvgIpc) is 3.10. The molecule has 1 aromatic heterocycles. The Morgan fingerprint density at radius 1 is 1.17 bits per heavy atom. The molecule has 3 rings (SSSR count). The van der Waals surface area contributed by atoms with E-state index in [-0.39, 0.29) is 12.0 Å². The normalized spacial score (nSPS) is 24.7. The summed E-state index contributed by atoms with van der Waals surface area (Å²) >= 11 is 0. The summed E-state index contributed by atoms with van der Waals surface area (Å²) in [6, 6.07) is 0.159. The van der Waals surface area contributed by atoms with E-state index < -0.39 is 0 Å². The van der Waals surface area contributed by atoms with Crippen LogP contribution in [0.1, 0.15) is 50.3 Å². The Labute approximate surface area is 107 Å². The van der Waals surface area contributed by atoms with Gasteiger partial charge in [-0.25, -0.2) is 0 Å². The minimum atomic E-state index is 0.159. The fourth-order valence-corrected chi connectivity index (χ4v) is 3.23. The molecule has 4 heteroatoms. The first-order chi connectivity index (χ1) is 8.86. The topological polar surface area (TPSA) is 46.1 Å². The summed E-state index contributed by atoms with van der Waals surface area (Å²) in [6.07, 6.45) is 11.9. The highest BCUT2D eigenvalue weighted by Crippen LogP contribution is 2.35. The van der Waals surface area contributed by atoms with E-state index in [1.807, 2.05) is 4.90 Å². The zero-order valence-corrected chi connectivity index (χ0v) is 10.6. The second-order valence-corrected chi connectivity index (χ2v) is 5.30. The first-order valence-electron chi connectivity index (χ1n) is 6.92. The molecule has 18 heavy (non-hydrogen) atoms. The van der Waals surface area contributed by atoms with Crippen molar-refractivity contribution in [3.63, 3.8) is 0 Å². The SMILES string of the molecule is O=C(C1CCCC1)N1CCC[C@H]1c1cnccn1. The molecule has 0 unspecified atom stereocenters. The number of carbonyl (C=O) groups excluding carboxylic acids is 1. The first kappa shape index (κ1) is 11.6. The molecule has 1 saturated heterocycles. The Morgan fingerprint density at radius 3 is 2.72 bits per heavy atom. The maximum Gasteiger partial charge on any atom is 0.226 e. The monoisotopic (exact) mass is 245 g/mol. The third-order valence-electron chi connectivity index (χ3n) is 4.16. The van der Waals surface area contributed by atoms with E-state index >= 15 is 0 Å². The van der Waals surface area contributed by atoms with Crippen molar-refractivity contribution in [3.05, 3.63) is 24.3 Å². The zero-order valence-electron chi connectivity index (χ0n) is 10.6. The summed E-state index contributed by atoms with van der Waals surface area (Å²) in [5.74, 6) is 0.614. The van der Waals surface area contributed by atoms with Crippen LogP contribution in [0.4, 0.5) is 0 Å². The molecule has 0 spiro atoms. The van der Waals surface area contributed by atoms with E-state index in [2.05, 4.69) is 9.97 Å². The van der Waals surface area contributed by atoms with Gasteiger partial charge in [0.15, 0.2) is 0 Å². The molecule has 0 bridgehead atoms. The van der Waals surface area contributed by atoms with Gasteiger partial charge in [0.05, 0.1) is 17.9 Å². The maximum absolute atomic E-state index is 12.5. The number of hydrogen-bond donors (Lipinski definition) is 0. The van der Waals surface area contributed by atoms with Gasteiger partial charge in [-0.15, -0.1) is 0 Å². The number of aromatic nitrogens is 2. The largest absolute Gasteiger partial charge is 0.334 e. The van der Waals surface area contributed by atoms with Crippen molar-refractivity contribution in [2.45, 2.75) is 44.6 Å². The molecule has 0 N–H and O–H groups in total. The zero-order chi connectivity index (χ0) is 12.4. The van der Waals surface area contributed by atoms with Crippen molar-refractivity contribution in [1.82, 2.24) is 14.9 Å². The summed E-state index contributed by atoms with van der Waals surface area (Å²) in [7, 11) is 0. The summed E-state index contributed by atoms with van der Waals surface area (Å²) in [5.41, 5.74) is 0.946. The lowest BCUT2D eigenvalue weighted by atomic mass is 10.1. The fourth-order valence-electron chi connectivity index (χ4n) is 3.23. The molecule has 1 aromatic rings. The number of hydrogen-bond acceptors (Lipinski definition) is 3. The number of nitrogens with zero attached hydrogens (tertiary/aromatic N) is 3. The van der Waals surface area contributed by atoms with Gasteiger partial charge in [0.1, 0.15) is 0 Å². The minimum absolute atomic E-state index is 0.159. The molecule has 1 atom stereocenters. The summed E-state index contributed by atoms with van der Waals surface area (Å²) in [6.45, 7) is 0.885. The third kappa shape index (κ3) is 2.11. The Morgan fingerprint density at radius 2 is 2.00 bits per heavy atom. The van der Waals surface area contributed by atoms with Crippen LogP contribution in [0, 0.1) is 5.92 Å². The van der Waals surface area contributed by atoms with E-state index in [4.69, 9.17) is 0 Å². The van der Waals surface area contributed by atoms with E-state index in [1.165, 1.54) is 12.8 Å². The molecule has 1 saturated carbocycles. The maximum atomic E-state index is 12.5. The molecule has 1 aliphatic carbocycles. The van der Waals surface area contributed by atoms with Crippen LogP contribution in [0.25, 0.3) is 0 Å². The van der Waals surface area contributed by atoms with E-state index in [1.54, 1.807) is 18.6 Å². The van der Waals surface area contributed by atoms with E-state index in [9.17, 15) is 4.79 Å². The molecule has 2 aliphatic rings. The number of rotatable bonds is 2. The van der Waals surface area contributed by atoms with Crippen molar-refractivity contribution in [3.8, 4) is 0 Å². The van der Waals surface area contributed by atoms with Gasteiger partial charge in [0, 0.05) is 24.9 Å². The van der Waals surface area contributed by atoms with Crippen LogP contribution in [-0.4, -0.2) is 27.3 Å². The lowest BCUT2D eigenvalue weighted by Gasteiger charge is -2.26. The van der Waals surface area contributed by atoms with Crippen molar-refractivity contribution in [2.24, 2.45) is 5.92 Å². The van der Waals surface area contributed by atoms with Crippen LogP contribution in [0.2, 0.25) is 0 Å². The molecule has 4 nitrogen and oxygen atoms in total. The van der Waals surface area contributed by atoms with Gasteiger partial charge in [-0.2, -0.15) is 0 Å². The molecule has 0 aromatic carbocycles. The predicted octanol–water partition coefficient (Wildman–Crippen LogP) is 2.33. The lowest BCUT2D eigenvalue weighted by molar-refractivity contribution is -0.136. The number of amides is 1. The Balaban J connectivity index is 1.77. The quantitative estimate of drug-likeness (QED) is 0.803. The Bertz CT molecular complexity index is 414. The molecule has 96 valence electrons. The van der Waals surface area contributed by atoms with Crippen LogP contribution < -0.4 is 0 Å². The standard InChI is InChI=1S/C14H19N3O/c18-14(11-4-1-2-5-11)17-9-3-6-13(17)12-10-15-7-8-16-12/h7-8,10-11,13H,1-6,9H2/t13-/m0/s1. The Kier molecular flexibility index (Phi) is 3.26. The van der Waals surface area contributed by atoms with Gasteiger partial charge in [0.2, 0.25) is 5.91 Å². The summed E-state index contributed by atoms with van der Waals surface area (Å²) in [5, 5.41) is 0. The molecule has 0 radical (unpaired) electrons. The fraction of sp³-hybridized carbons (Fsp3) is 0.643. The van der Waals surface area contributed by atoms with Crippen molar-refractivity contribution in [1.29, 1.82) is 0 Å². The van der Waals surface area contributed by atoms with Gasteiger partial charge in [-0.05, 0) is 25.7 Å². The van der Waals surface area contributed by atoms with Crippen LogP contribution in [0.5, 0.6) is 0 Å². The average molecular weight is 245 g/mol. The summed E-state index contributed by atoms with van der Waals surface area (Å²) < 4.78 is 0. The summed E-state index contributed by atoms with van der Waals surface area (Å²) in [4.78, 5) is 23.0. The van der Waals surface area contributed by atoms with Crippen molar-refractivity contribution >= 4 is 5.91 Å². The predicted molar refractivity (Wildman–Crippen MR) is 67.7 cm³/mol. The van der Waals surface area contributed by atoms with Crippen molar-refractivity contribution in [2.75, 3.05) is 6.54 Å². The lowest BCUT2D eigenvalue weighted by Crippen LogP contribution is -2.35. The highest BCUT2D eigenvalue weighted by atomic mass is 16.2. The molecule has 1 aliphatic heterocycles. The van der Waals surface area contributed by atoms with Gasteiger partial charge in [0.25, 0.3) is 0 Å². The van der Waals surface area contributed by atoms with Crippen LogP contribution in [-0.2, 0) is 4.79 Å². The van der Waals surface area contributed by atoms with Gasteiger partial charge >= 0.3 is 0 Å². The van der Waals surface area contributed by atoms with Gasteiger partial charge in [-0.3, -0.25) is 14.8 Å². The number of carbonyl (C=O) groups is 1. The molecular weight excluding hydrogens is 226 g/mol. The number of likely N-dealkylation sites (tertiary alicyclic amines) is 1. The van der Waals surface area contributed by atoms with Gasteiger partial charge in [-0.1, -0.05) is 12.8 Å². The third-order valence-corrected chi connectivity index (χ3v) is 4.16. The van der Waals surface area contributed by atoms with Crippen LogP contribution >= 0.6 is 0 Å².